The molecule has 0 unspecified atom stereocenters. The highest BCUT2D eigenvalue weighted by molar-refractivity contribution is 5.92. The van der Waals surface area contributed by atoms with Gasteiger partial charge in [-0.25, -0.2) is 4.79 Å². The fraction of sp³-hybridized carbons (Fsp3) is 0.267. The summed E-state index contributed by atoms with van der Waals surface area (Å²) in [5.41, 5.74) is 5.54. The van der Waals surface area contributed by atoms with Gasteiger partial charge >= 0.3 is 5.69 Å². The highest BCUT2D eigenvalue weighted by atomic mass is 16.2. The summed E-state index contributed by atoms with van der Waals surface area (Å²) in [4.78, 5) is 35.3. The molecule has 2 rings (SSSR count). The van der Waals surface area contributed by atoms with Crippen LogP contribution in [-0.2, 0) is 13.1 Å². The van der Waals surface area contributed by atoms with E-state index in [1.807, 2.05) is 6.92 Å². The zero-order valence-corrected chi connectivity index (χ0v) is 11.8. The van der Waals surface area contributed by atoms with Crippen LogP contribution in [0.5, 0.6) is 0 Å². The Bertz CT molecular complexity index is 774. The Kier molecular flexibility index (Phi) is 4.37. The highest BCUT2D eigenvalue weighted by Crippen LogP contribution is 2.05. The molecule has 1 amide bonds. The highest BCUT2D eigenvalue weighted by Gasteiger charge is 2.07. The smallest absolute Gasteiger partial charge is 0.331 e. The van der Waals surface area contributed by atoms with Crippen LogP contribution in [0.25, 0.3) is 0 Å². The van der Waals surface area contributed by atoms with E-state index in [-0.39, 0.29) is 17.8 Å². The molecule has 0 saturated heterocycles. The van der Waals surface area contributed by atoms with E-state index in [0.717, 1.165) is 11.0 Å². The summed E-state index contributed by atoms with van der Waals surface area (Å²) in [7, 11) is 0. The third-order valence-electron chi connectivity index (χ3n) is 3.16. The topological polar surface area (TPSA) is 87.1 Å². The zero-order chi connectivity index (χ0) is 15.4. The molecule has 2 aromatic rings. The number of carbonyl (C=O) groups is 1. The molecular weight excluding hydrogens is 270 g/mol. The van der Waals surface area contributed by atoms with Gasteiger partial charge in [0.25, 0.3) is 5.56 Å². The minimum atomic E-state index is -0.541. The summed E-state index contributed by atoms with van der Waals surface area (Å²) in [6, 6.07) is 7.97. The van der Waals surface area contributed by atoms with Gasteiger partial charge in [-0.1, -0.05) is 19.1 Å². The minimum Gasteiger partial charge on any atom is -0.366 e. The van der Waals surface area contributed by atoms with Gasteiger partial charge in [-0.3, -0.25) is 14.2 Å². The molecule has 0 radical (unpaired) electrons. The largest absolute Gasteiger partial charge is 0.366 e. The van der Waals surface area contributed by atoms with Crippen LogP contribution < -0.4 is 17.0 Å². The van der Waals surface area contributed by atoms with Gasteiger partial charge in [0.2, 0.25) is 5.91 Å². The third kappa shape index (κ3) is 3.28. The van der Waals surface area contributed by atoms with Gasteiger partial charge in [-0.05, 0) is 24.1 Å². The van der Waals surface area contributed by atoms with E-state index in [0.29, 0.717) is 17.7 Å². The molecule has 0 aliphatic rings. The molecular formula is C15H17N3O3. The molecule has 0 aliphatic carbocycles. The molecule has 1 aromatic carbocycles. The van der Waals surface area contributed by atoms with E-state index >= 15 is 0 Å². The molecule has 2 N–H and O–H groups in total. The monoisotopic (exact) mass is 287 g/mol. The third-order valence-corrected chi connectivity index (χ3v) is 3.16. The summed E-state index contributed by atoms with van der Waals surface area (Å²) in [5, 5.41) is 0. The summed E-state index contributed by atoms with van der Waals surface area (Å²) in [5.74, 6) is -0.541. The standard InChI is InChI=1S/C15H17N3O3/c1-2-7-17-8-6-13(19)18(15(17)21)10-11-4-3-5-12(9-11)14(16)20/h3-6,8-9H,2,7,10H2,1H3,(H2,16,20). The molecule has 110 valence electrons. The first-order valence-corrected chi connectivity index (χ1v) is 6.72. The first-order valence-electron chi connectivity index (χ1n) is 6.72. The second kappa shape index (κ2) is 6.21. The quantitative estimate of drug-likeness (QED) is 0.872. The number of carbonyl (C=O) groups excluding carboxylic acids is 1. The van der Waals surface area contributed by atoms with Gasteiger partial charge in [-0.2, -0.15) is 0 Å². The number of aryl methyl sites for hydroxylation is 1. The number of hydrogen-bond acceptors (Lipinski definition) is 3. The molecule has 21 heavy (non-hydrogen) atoms. The Morgan fingerprint density at radius 1 is 1.24 bits per heavy atom. The van der Waals surface area contributed by atoms with Crippen molar-refractivity contribution in [2.45, 2.75) is 26.4 Å². The van der Waals surface area contributed by atoms with Crippen molar-refractivity contribution in [3.05, 3.63) is 68.5 Å². The van der Waals surface area contributed by atoms with Gasteiger partial charge in [-0.15, -0.1) is 0 Å². The van der Waals surface area contributed by atoms with Crippen LogP contribution in [0.4, 0.5) is 0 Å². The number of rotatable bonds is 5. The Balaban J connectivity index is 2.42. The number of primary amides is 1. The zero-order valence-electron chi connectivity index (χ0n) is 11.8. The maximum Gasteiger partial charge on any atom is 0.331 e. The Labute approximate surface area is 121 Å². The Hall–Kier alpha value is -2.63. The van der Waals surface area contributed by atoms with Gasteiger partial charge < -0.3 is 10.3 Å². The molecule has 0 saturated carbocycles. The molecule has 0 bridgehead atoms. The summed E-state index contributed by atoms with van der Waals surface area (Å²) in [6.45, 7) is 2.63. The Morgan fingerprint density at radius 3 is 2.67 bits per heavy atom. The lowest BCUT2D eigenvalue weighted by molar-refractivity contribution is 0.1000. The summed E-state index contributed by atoms with van der Waals surface area (Å²) in [6.07, 6.45) is 2.31. The SMILES string of the molecule is CCCn1ccc(=O)n(Cc2cccc(C(N)=O)c2)c1=O. The van der Waals surface area contributed by atoms with Crippen molar-refractivity contribution in [3.8, 4) is 0 Å². The average Bonchev–Trinajstić information content (AvgIpc) is 2.47. The number of aromatic nitrogens is 2. The second-order valence-corrected chi connectivity index (χ2v) is 4.78. The van der Waals surface area contributed by atoms with Crippen molar-refractivity contribution >= 4 is 5.91 Å². The normalized spacial score (nSPS) is 10.5. The average molecular weight is 287 g/mol. The number of amides is 1. The lowest BCUT2D eigenvalue weighted by Crippen LogP contribution is -2.39. The van der Waals surface area contributed by atoms with Crippen molar-refractivity contribution < 1.29 is 4.79 Å². The maximum atomic E-state index is 12.2. The molecule has 1 aromatic heterocycles. The van der Waals surface area contributed by atoms with Crippen LogP contribution in [0.1, 0.15) is 29.3 Å². The Morgan fingerprint density at radius 2 is 2.00 bits per heavy atom. The number of benzene rings is 1. The maximum absolute atomic E-state index is 12.2. The molecule has 0 aliphatic heterocycles. The molecule has 0 fully saturated rings. The van der Waals surface area contributed by atoms with Crippen LogP contribution in [-0.4, -0.2) is 15.0 Å². The number of nitrogens with two attached hydrogens (primary N) is 1. The van der Waals surface area contributed by atoms with Gasteiger partial charge in [0.1, 0.15) is 0 Å². The van der Waals surface area contributed by atoms with E-state index in [2.05, 4.69) is 0 Å². The van der Waals surface area contributed by atoms with Crippen molar-refractivity contribution in [1.29, 1.82) is 0 Å². The van der Waals surface area contributed by atoms with Gasteiger partial charge in [0, 0.05) is 24.4 Å². The van der Waals surface area contributed by atoms with Crippen LogP contribution in [0.3, 0.4) is 0 Å². The fourth-order valence-electron chi connectivity index (χ4n) is 2.12. The van der Waals surface area contributed by atoms with Gasteiger partial charge in [0.05, 0.1) is 6.54 Å². The summed E-state index contributed by atoms with van der Waals surface area (Å²) >= 11 is 0. The minimum absolute atomic E-state index is 0.114. The van der Waals surface area contributed by atoms with E-state index < -0.39 is 5.91 Å². The first kappa shape index (κ1) is 14.8. The summed E-state index contributed by atoms with van der Waals surface area (Å²) < 4.78 is 2.65. The van der Waals surface area contributed by atoms with E-state index in [1.165, 1.54) is 16.8 Å². The second-order valence-electron chi connectivity index (χ2n) is 4.78. The van der Waals surface area contributed by atoms with E-state index in [1.54, 1.807) is 24.3 Å². The lowest BCUT2D eigenvalue weighted by Gasteiger charge is -2.09. The van der Waals surface area contributed by atoms with Crippen molar-refractivity contribution in [2.75, 3.05) is 0 Å². The molecule has 6 nitrogen and oxygen atoms in total. The molecule has 0 spiro atoms. The predicted molar refractivity (Wildman–Crippen MR) is 79.3 cm³/mol. The van der Waals surface area contributed by atoms with Crippen molar-refractivity contribution in [1.82, 2.24) is 9.13 Å². The first-order chi connectivity index (χ1) is 10.0. The van der Waals surface area contributed by atoms with E-state index in [9.17, 15) is 14.4 Å². The molecule has 6 heteroatoms. The van der Waals surface area contributed by atoms with Crippen molar-refractivity contribution in [3.63, 3.8) is 0 Å². The van der Waals surface area contributed by atoms with Crippen molar-refractivity contribution in [2.24, 2.45) is 5.73 Å². The van der Waals surface area contributed by atoms with Crippen LogP contribution >= 0.6 is 0 Å². The van der Waals surface area contributed by atoms with Crippen LogP contribution in [0.15, 0.2) is 46.1 Å². The fourth-order valence-corrected chi connectivity index (χ4v) is 2.12. The van der Waals surface area contributed by atoms with Gasteiger partial charge in [0.15, 0.2) is 0 Å². The number of hydrogen-bond donors (Lipinski definition) is 1. The van der Waals surface area contributed by atoms with Crippen LogP contribution in [0.2, 0.25) is 0 Å². The molecule has 0 atom stereocenters. The number of nitrogens with zero attached hydrogens (tertiary/aromatic N) is 2. The lowest BCUT2D eigenvalue weighted by atomic mass is 10.1. The predicted octanol–water partition coefficient (Wildman–Crippen LogP) is 0.567. The van der Waals surface area contributed by atoms with Crippen LogP contribution in [0, 0.1) is 0 Å². The molecule has 1 heterocycles. The van der Waals surface area contributed by atoms with E-state index in [4.69, 9.17) is 5.73 Å².